The molecule has 1 rings (SSSR count). The van der Waals surface area contributed by atoms with Crippen molar-refractivity contribution in [3.63, 3.8) is 0 Å². The van der Waals surface area contributed by atoms with Gasteiger partial charge in [-0.1, -0.05) is 23.8 Å². The van der Waals surface area contributed by atoms with Crippen LogP contribution in [0.3, 0.4) is 0 Å². The summed E-state index contributed by atoms with van der Waals surface area (Å²) in [4.78, 5) is 0.121. The summed E-state index contributed by atoms with van der Waals surface area (Å²) in [5, 5.41) is 9.17. The van der Waals surface area contributed by atoms with Crippen molar-refractivity contribution in [2.24, 2.45) is 0 Å². The Morgan fingerprint density at radius 1 is 1.41 bits per heavy atom. The van der Waals surface area contributed by atoms with Gasteiger partial charge >= 0.3 is 0 Å². The molecule has 0 amide bonds. The van der Waals surface area contributed by atoms with E-state index in [9.17, 15) is 8.42 Å². The molecule has 1 aromatic carbocycles. The van der Waals surface area contributed by atoms with Gasteiger partial charge in [-0.25, -0.2) is 0 Å². The summed E-state index contributed by atoms with van der Waals surface area (Å²) in [7, 11) is -3.73. The van der Waals surface area contributed by atoms with Crippen LogP contribution in [0.15, 0.2) is 41.8 Å². The molecule has 0 aromatic heterocycles. The van der Waals surface area contributed by atoms with Crippen LogP contribution in [0.5, 0.6) is 0 Å². The molecule has 0 heterocycles. The first-order chi connectivity index (χ1) is 7.95. The Kier molecular flexibility index (Phi) is 4.86. The first kappa shape index (κ1) is 13.9. The molecule has 0 aliphatic carbocycles. The van der Waals surface area contributed by atoms with Crippen molar-refractivity contribution in [1.82, 2.24) is 0 Å². The summed E-state index contributed by atoms with van der Waals surface area (Å²) in [5.41, 5.74) is 0.978. The van der Waals surface area contributed by atoms with Crippen LogP contribution in [-0.4, -0.2) is 26.2 Å². The normalized spacial score (nSPS) is 13.3. The molecule has 0 unspecified atom stereocenters. The van der Waals surface area contributed by atoms with E-state index in [1.54, 1.807) is 12.1 Å². The molecule has 5 heteroatoms. The minimum atomic E-state index is -3.73. The van der Waals surface area contributed by atoms with Crippen LogP contribution >= 0.6 is 0 Å². The maximum atomic E-state index is 11.7. The van der Waals surface area contributed by atoms with Gasteiger partial charge in [-0.3, -0.25) is 4.18 Å². The lowest BCUT2D eigenvalue weighted by Gasteiger charge is -2.07. The highest BCUT2D eigenvalue weighted by molar-refractivity contribution is 7.86. The monoisotopic (exact) mass is 256 g/mol. The van der Waals surface area contributed by atoms with Gasteiger partial charge in [0, 0.05) is 6.42 Å². The van der Waals surface area contributed by atoms with E-state index in [-0.39, 0.29) is 17.9 Å². The topological polar surface area (TPSA) is 63.6 Å². The number of benzene rings is 1. The van der Waals surface area contributed by atoms with E-state index in [1.807, 2.05) is 6.92 Å². The summed E-state index contributed by atoms with van der Waals surface area (Å²) in [5.74, 6) is 0. The second kappa shape index (κ2) is 5.95. The van der Waals surface area contributed by atoms with E-state index in [1.165, 1.54) is 18.2 Å². The van der Waals surface area contributed by atoms with Crippen LogP contribution in [-0.2, 0) is 14.3 Å². The number of aryl methyl sites for hydroxylation is 1. The number of hydrogen-bond donors (Lipinski definition) is 1. The van der Waals surface area contributed by atoms with Crippen molar-refractivity contribution >= 4 is 10.1 Å². The fourth-order valence-electron chi connectivity index (χ4n) is 1.17. The Morgan fingerprint density at radius 2 is 2.00 bits per heavy atom. The van der Waals surface area contributed by atoms with E-state index in [0.717, 1.165) is 5.56 Å². The Labute approximate surface area is 102 Å². The predicted octanol–water partition coefficient (Wildman–Crippen LogP) is 1.64. The largest absolute Gasteiger partial charge is 0.389 e. The minimum Gasteiger partial charge on any atom is -0.389 e. The van der Waals surface area contributed by atoms with Gasteiger partial charge in [-0.05, 0) is 19.1 Å². The van der Waals surface area contributed by atoms with Gasteiger partial charge in [0.05, 0.1) is 17.6 Å². The lowest BCUT2D eigenvalue weighted by molar-refractivity contribution is 0.181. The van der Waals surface area contributed by atoms with Gasteiger partial charge in [-0.15, -0.1) is 6.58 Å². The zero-order chi connectivity index (χ0) is 12.9. The van der Waals surface area contributed by atoms with Gasteiger partial charge < -0.3 is 5.11 Å². The Morgan fingerprint density at radius 3 is 2.53 bits per heavy atom. The number of rotatable bonds is 6. The molecule has 0 aliphatic heterocycles. The summed E-state index contributed by atoms with van der Waals surface area (Å²) < 4.78 is 28.2. The number of aliphatic hydroxyl groups is 1. The lowest BCUT2D eigenvalue weighted by atomic mass is 10.2. The Balaban J connectivity index is 2.63. The molecule has 0 aliphatic rings. The quantitative estimate of drug-likeness (QED) is 0.620. The average molecular weight is 256 g/mol. The van der Waals surface area contributed by atoms with Crippen molar-refractivity contribution in [3.05, 3.63) is 42.5 Å². The van der Waals surface area contributed by atoms with Crippen LogP contribution < -0.4 is 0 Å². The molecule has 1 N–H and O–H groups in total. The van der Waals surface area contributed by atoms with Crippen molar-refractivity contribution in [2.45, 2.75) is 24.3 Å². The van der Waals surface area contributed by atoms with Gasteiger partial charge in [-0.2, -0.15) is 8.42 Å². The van der Waals surface area contributed by atoms with E-state index < -0.39 is 16.2 Å². The van der Waals surface area contributed by atoms with Crippen LogP contribution in [0.1, 0.15) is 12.0 Å². The van der Waals surface area contributed by atoms with E-state index in [0.29, 0.717) is 0 Å². The van der Waals surface area contributed by atoms with Crippen LogP contribution in [0.4, 0.5) is 0 Å². The fourth-order valence-corrected chi connectivity index (χ4v) is 2.09. The number of hydrogen-bond acceptors (Lipinski definition) is 4. The third-order valence-corrected chi connectivity index (χ3v) is 3.56. The highest BCUT2D eigenvalue weighted by atomic mass is 32.2. The molecule has 1 aromatic rings. The average Bonchev–Trinajstić information content (AvgIpc) is 2.29. The molecule has 1 atom stereocenters. The van der Waals surface area contributed by atoms with E-state index in [2.05, 4.69) is 6.58 Å². The molecule has 17 heavy (non-hydrogen) atoms. The maximum Gasteiger partial charge on any atom is 0.296 e. The van der Waals surface area contributed by atoms with E-state index in [4.69, 9.17) is 9.29 Å². The number of aliphatic hydroxyl groups excluding tert-OH is 1. The van der Waals surface area contributed by atoms with E-state index >= 15 is 0 Å². The van der Waals surface area contributed by atoms with Gasteiger partial charge in [0.25, 0.3) is 10.1 Å². The zero-order valence-corrected chi connectivity index (χ0v) is 10.5. The first-order valence-corrected chi connectivity index (χ1v) is 6.63. The molecule has 94 valence electrons. The molecular formula is C12H16O4S. The third-order valence-electron chi connectivity index (χ3n) is 2.23. The van der Waals surface area contributed by atoms with Crippen LogP contribution in [0.2, 0.25) is 0 Å². The highest BCUT2D eigenvalue weighted by Crippen LogP contribution is 2.13. The second-order valence-electron chi connectivity index (χ2n) is 3.68. The molecule has 0 bridgehead atoms. The van der Waals surface area contributed by atoms with Gasteiger partial charge in [0.2, 0.25) is 0 Å². The van der Waals surface area contributed by atoms with Crippen molar-refractivity contribution in [1.29, 1.82) is 0 Å². The minimum absolute atomic E-state index is 0.0661. The zero-order valence-electron chi connectivity index (χ0n) is 9.67. The molecule has 4 nitrogen and oxygen atoms in total. The third kappa shape index (κ3) is 4.30. The second-order valence-corrected chi connectivity index (χ2v) is 5.30. The van der Waals surface area contributed by atoms with Crippen molar-refractivity contribution in [2.75, 3.05) is 6.61 Å². The van der Waals surface area contributed by atoms with Crippen LogP contribution in [0, 0.1) is 6.92 Å². The lowest BCUT2D eigenvalue weighted by Crippen LogP contribution is -2.12. The SMILES string of the molecule is C=C[C@H](O)CCOS(=O)(=O)c1ccc(C)cc1. The van der Waals surface area contributed by atoms with Crippen molar-refractivity contribution < 1.29 is 17.7 Å². The Hall–Kier alpha value is -1.17. The van der Waals surface area contributed by atoms with Gasteiger partial charge in [0.1, 0.15) is 0 Å². The standard InChI is InChI=1S/C12H16O4S/c1-3-11(13)8-9-16-17(14,15)12-6-4-10(2)5-7-12/h3-7,11,13H,1,8-9H2,2H3/t11-/m0/s1. The summed E-state index contributed by atoms with van der Waals surface area (Å²) >= 11 is 0. The molecule has 0 spiro atoms. The predicted molar refractivity (Wildman–Crippen MR) is 65.1 cm³/mol. The summed E-state index contributed by atoms with van der Waals surface area (Å²) in [6.07, 6.45) is 0.791. The van der Waals surface area contributed by atoms with Crippen LogP contribution in [0.25, 0.3) is 0 Å². The molecule has 0 radical (unpaired) electrons. The molecule has 0 saturated heterocycles. The van der Waals surface area contributed by atoms with Gasteiger partial charge in [0.15, 0.2) is 0 Å². The molecule has 0 saturated carbocycles. The molecule has 0 fully saturated rings. The first-order valence-electron chi connectivity index (χ1n) is 5.22. The fraction of sp³-hybridized carbons (Fsp3) is 0.333. The summed E-state index contributed by atoms with van der Waals surface area (Å²) in [6, 6.07) is 6.40. The summed E-state index contributed by atoms with van der Waals surface area (Å²) in [6.45, 7) is 5.20. The highest BCUT2D eigenvalue weighted by Gasteiger charge is 2.14. The smallest absolute Gasteiger partial charge is 0.296 e. The maximum absolute atomic E-state index is 11.7. The Bertz CT molecular complexity index is 462. The van der Waals surface area contributed by atoms with Crippen molar-refractivity contribution in [3.8, 4) is 0 Å². The molecular weight excluding hydrogens is 240 g/mol.